The molecule has 0 radical (unpaired) electrons. The van der Waals surface area contributed by atoms with Gasteiger partial charge in [-0.15, -0.1) is 0 Å². The van der Waals surface area contributed by atoms with E-state index < -0.39 is 0 Å². The minimum atomic E-state index is 0.0925. The molecule has 0 aliphatic carbocycles. The largest absolute Gasteiger partial charge is 0.490 e. The Morgan fingerprint density at radius 1 is 1.05 bits per heavy atom. The summed E-state index contributed by atoms with van der Waals surface area (Å²) in [6, 6.07) is 15.5. The molecule has 1 heterocycles. The van der Waals surface area contributed by atoms with Gasteiger partial charge < -0.3 is 4.74 Å². The summed E-state index contributed by atoms with van der Waals surface area (Å²) in [4.78, 5) is 14.2. The fourth-order valence-electron chi connectivity index (χ4n) is 2.24. The molecule has 1 aliphatic rings. The van der Waals surface area contributed by atoms with Gasteiger partial charge in [0.25, 0.3) is 0 Å². The van der Waals surface area contributed by atoms with Crippen molar-refractivity contribution < 1.29 is 9.53 Å². The first-order valence-corrected chi connectivity index (χ1v) is 7.76. The number of fused-ring (bicyclic) bond motifs is 1. The standard InChI is InChI=1S/C18H16O2S/c1-12(2)20-15-9-5-3-7-13(15)11-17-18(19)14-8-4-6-10-16(14)21-17/h3-12H,1-2H3/b17-11+. The molecule has 0 N–H and O–H groups in total. The van der Waals surface area contributed by atoms with Crippen molar-refractivity contribution in [1.29, 1.82) is 0 Å². The molecule has 0 atom stereocenters. The highest BCUT2D eigenvalue weighted by atomic mass is 32.2. The van der Waals surface area contributed by atoms with Crippen molar-refractivity contribution in [2.24, 2.45) is 0 Å². The summed E-state index contributed by atoms with van der Waals surface area (Å²) >= 11 is 1.52. The van der Waals surface area contributed by atoms with Gasteiger partial charge in [0.05, 0.1) is 11.0 Å². The minimum Gasteiger partial charge on any atom is -0.490 e. The molecular formula is C18H16O2S. The lowest BCUT2D eigenvalue weighted by atomic mass is 10.1. The van der Waals surface area contributed by atoms with E-state index in [-0.39, 0.29) is 11.9 Å². The SMILES string of the molecule is CC(C)Oc1ccccc1/C=C1/Sc2ccccc2C1=O. The van der Waals surface area contributed by atoms with Gasteiger partial charge in [0.15, 0.2) is 0 Å². The lowest BCUT2D eigenvalue weighted by molar-refractivity contribution is 0.104. The Morgan fingerprint density at radius 2 is 1.76 bits per heavy atom. The molecular weight excluding hydrogens is 280 g/mol. The average Bonchev–Trinajstić information content (AvgIpc) is 2.78. The van der Waals surface area contributed by atoms with Crippen LogP contribution in [0.25, 0.3) is 6.08 Å². The number of rotatable bonds is 3. The second-order valence-electron chi connectivity index (χ2n) is 5.14. The fourth-order valence-corrected chi connectivity index (χ4v) is 3.28. The lowest BCUT2D eigenvalue weighted by Gasteiger charge is -2.12. The molecule has 2 nitrogen and oxygen atoms in total. The lowest BCUT2D eigenvalue weighted by Crippen LogP contribution is -2.06. The highest BCUT2D eigenvalue weighted by molar-refractivity contribution is 8.04. The number of allylic oxidation sites excluding steroid dienone is 1. The molecule has 3 rings (SSSR count). The Kier molecular flexibility index (Phi) is 3.84. The number of para-hydroxylation sites is 1. The zero-order valence-electron chi connectivity index (χ0n) is 12.0. The van der Waals surface area contributed by atoms with E-state index in [1.54, 1.807) is 0 Å². The Bertz CT molecular complexity index is 717. The summed E-state index contributed by atoms with van der Waals surface area (Å²) in [7, 11) is 0. The van der Waals surface area contributed by atoms with Crippen molar-refractivity contribution in [3.8, 4) is 5.75 Å². The predicted molar refractivity (Wildman–Crippen MR) is 86.8 cm³/mol. The molecule has 0 spiro atoms. The van der Waals surface area contributed by atoms with Gasteiger partial charge in [0, 0.05) is 16.0 Å². The molecule has 1 aliphatic heterocycles. The Morgan fingerprint density at radius 3 is 2.52 bits per heavy atom. The number of ether oxygens (including phenoxy) is 1. The maximum absolute atomic E-state index is 12.4. The van der Waals surface area contributed by atoms with E-state index in [9.17, 15) is 4.79 Å². The number of benzene rings is 2. The minimum absolute atomic E-state index is 0.0925. The topological polar surface area (TPSA) is 26.3 Å². The fraction of sp³-hybridized carbons (Fsp3) is 0.167. The van der Waals surface area contributed by atoms with E-state index in [2.05, 4.69) is 0 Å². The van der Waals surface area contributed by atoms with Crippen LogP contribution < -0.4 is 4.74 Å². The van der Waals surface area contributed by atoms with Gasteiger partial charge in [-0.05, 0) is 38.1 Å². The monoisotopic (exact) mass is 296 g/mol. The third-order valence-corrected chi connectivity index (χ3v) is 4.24. The summed E-state index contributed by atoms with van der Waals surface area (Å²) in [5.74, 6) is 0.902. The van der Waals surface area contributed by atoms with Crippen molar-refractivity contribution in [3.05, 3.63) is 64.6 Å². The van der Waals surface area contributed by atoms with Crippen molar-refractivity contribution >= 4 is 23.6 Å². The van der Waals surface area contributed by atoms with Crippen LogP contribution in [-0.2, 0) is 0 Å². The third-order valence-electron chi connectivity index (χ3n) is 3.14. The van der Waals surface area contributed by atoms with Gasteiger partial charge in [-0.3, -0.25) is 4.79 Å². The number of carbonyl (C=O) groups is 1. The summed E-state index contributed by atoms with van der Waals surface area (Å²) in [6.45, 7) is 3.99. The molecule has 3 heteroatoms. The molecule has 0 saturated carbocycles. The first-order valence-electron chi connectivity index (χ1n) is 6.94. The molecule has 0 fully saturated rings. The van der Waals surface area contributed by atoms with E-state index in [4.69, 9.17) is 4.74 Å². The van der Waals surface area contributed by atoms with Gasteiger partial charge in [-0.25, -0.2) is 0 Å². The van der Waals surface area contributed by atoms with Gasteiger partial charge in [0.1, 0.15) is 5.75 Å². The molecule has 0 unspecified atom stereocenters. The van der Waals surface area contributed by atoms with Gasteiger partial charge in [-0.2, -0.15) is 0 Å². The van der Waals surface area contributed by atoms with Gasteiger partial charge >= 0.3 is 0 Å². The molecule has 0 aromatic heterocycles. The average molecular weight is 296 g/mol. The second kappa shape index (κ2) is 5.78. The molecule has 0 amide bonds. The van der Waals surface area contributed by atoms with Crippen molar-refractivity contribution in [2.75, 3.05) is 0 Å². The van der Waals surface area contributed by atoms with Crippen LogP contribution in [-0.4, -0.2) is 11.9 Å². The smallest absolute Gasteiger partial charge is 0.200 e. The number of hydrogen-bond donors (Lipinski definition) is 0. The zero-order chi connectivity index (χ0) is 14.8. The summed E-state index contributed by atoms with van der Waals surface area (Å²) < 4.78 is 5.80. The number of thioether (sulfide) groups is 1. The number of hydrogen-bond acceptors (Lipinski definition) is 3. The second-order valence-corrected chi connectivity index (χ2v) is 6.22. The van der Waals surface area contributed by atoms with Crippen LogP contribution in [0.5, 0.6) is 5.75 Å². The number of carbonyl (C=O) groups excluding carboxylic acids is 1. The molecule has 106 valence electrons. The van der Waals surface area contributed by atoms with Gasteiger partial charge in [0.2, 0.25) is 5.78 Å². The number of ketones is 1. The van der Waals surface area contributed by atoms with Crippen molar-refractivity contribution in [2.45, 2.75) is 24.8 Å². The van der Waals surface area contributed by atoms with Gasteiger partial charge in [-0.1, -0.05) is 42.1 Å². The van der Waals surface area contributed by atoms with Crippen LogP contribution >= 0.6 is 11.8 Å². The van der Waals surface area contributed by atoms with Crippen molar-refractivity contribution in [1.82, 2.24) is 0 Å². The van der Waals surface area contributed by atoms with Crippen LogP contribution in [0.15, 0.2) is 58.3 Å². The molecule has 21 heavy (non-hydrogen) atoms. The molecule has 2 aromatic carbocycles. The summed E-state index contributed by atoms with van der Waals surface area (Å²) in [6.07, 6.45) is 2.03. The third kappa shape index (κ3) is 2.88. The van der Waals surface area contributed by atoms with Crippen LogP contribution in [0.4, 0.5) is 0 Å². The zero-order valence-corrected chi connectivity index (χ0v) is 12.8. The van der Waals surface area contributed by atoms with E-state index in [1.165, 1.54) is 11.8 Å². The first-order chi connectivity index (χ1) is 10.1. The normalized spacial score (nSPS) is 15.6. The maximum Gasteiger partial charge on any atom is 0.200 e. The highest BCUT2D eigenvalue weighted by Gasteiger charge is 2.25. The quantitative estimate of drug-likeness (QED) is 0.761. The van der Waals surface area contributed by atoms with E-state index >= 15 is 0 Å². The summed E-state index contributed by atoms with van der Waals surface area (Å²) in [5.41, 5.74) is 1.73. The van der Waals surface area contributed by atoms with E-state index in [0.717, 1.165) is 26.7 Å². The first kappa shape index (κ1) is 14.0. The Labute approximate surface area is 128 Å². The van der Waals surface area contributed by atoms with E-state index in [0.29, 0.717) is 0 Å². The maximum atomic E-state index is 12.4. The molecule has 2 aromatic rings. The highest BCUT2D eigenvalue weighted by Crippen LogP contribution is 2.41. The number of Topliss-reactive ketones (excluding diaryl/α,β-unsaturated/α-hetero) is 1. The van der Waals surface area contributed by atoms with Crippen LogP contribution in [0.2, 0.25) is 0 Å². The molecule has 0 bridgehead atoms. The Balaban J connectivity index is 1.96. The Hall–Kier alpha value is -2.00. The summed E-state index contributed by atoms with van der Waals surface area (Å²) in [5, 5.41) is 0. The van der Waals surface area contributed by atoms with Crippen LogP contribution in [0, 0.1) is 0 Å². The van der Waals surface area contributed by atoms with Crippen LogP contribution in [0.1, 0.15) is 29.8 Å². The van der Waals surface area contributed by atoms with E-state index in [1.807, 2.05) is 68.5 Å². The molecule has 0 saturated heterocycles. The van der Waals surface area contributed by atoms with Crippen molar-refractivity contribution in [3.63, 3.8) is 0 Å². The van der Waals surface area contributed by atoms with Crippen LogP contribution in [0.3, 0.4) is 0 Å². The predicted octanol–water partition coefficient (Wildman–Crippen LogP) is 4.80.